The Bertz CT molecular complexity index is 1650. The van der Waals surface area contributed by atoms with Crippen molar-refractivity contribution < 1.29 is 22.4 Å². The number of pyridine rings is 1. The topological polar surface area (TPSA) is 64.7 Å². The molecule has 0 spiro atoms. The number of benzene rings is 2. The third-order valence-electron chi connectivity index (χ3n) is 6.65. The van der Waals surface area contributed by atoms with Gasteiger partial charge in [-0.1, -0.05) is 0 Å². The van der Waals surface area contributed by atoms with Gasteiger partial charge in [-0.05, 0) is 61.4 Å². The first kappa shape index (κ1) is 22.3. The van der Waals surface area contributed by atoms with Crippen molar-refractivity contribution in [1.82, 2.24) is 24.6 Å². The van der Waals surface area contributed by atoms with Crippen LogP contribution in [0.1, 0.15) is 34.3 Å². The number of hydrogen-bond acceptors (Lipinski definition) is 3. The summed E-state index contributed by atoms with van der Waals surface area (Å²) in [6.45, 7) is 0. The van der Waals surface area contributed by atoms with Gasteiger partial charge >= 0.3 is 6.18 Å². The second kappa shape index (κ2) is 7.64. The highest BCUT2D eigenvalue weighted by molar-refractivity contribution is 6.10. The van der Waals surface area contributed by atoms with Gasteiger partial charge in [0.05, 0.1) is 22.8 Å². The first-order valence-electron chi connectivity index (χ1n) is 11.2. The predicted molar refractivity (Wildman–Crippen MR) is 125 cm³/mol. The number of nitrogens with zero attached hydrogens (tertiary/aromatic N) is 4. The summed E-state index contributed by atoms with van der Waals surface area (Å²) in [6, 6.07) is 11.6. The van der Waals surface area contributed by atoms with E-state index in [1.54, 1.807) is 46.8 Å². The molecule has 3 heterocycles. The van der Waals surface area contributed by atoms with E-state index in [2.05, 4.69) is 15.4 Å². The Balaban J connectivity index is 1.41. The van der Waals surface area contributed by atoms with Crippen LogP contribution in [0.3, 0.4) is 0 Å². The molecule has 1 aliphatic carbocycles. The molecule has 36 heavy (non-hydrogen) atoms. The molecule has 6 nitrogen and oxygen atoms in total. The summed E-state index contributed by atoms with van der Waals surface area (Å²) in [5.74, 6) is -0.804. The fourth-order valence-electron chi connectivity index (χ4n) is 4.73. The maximum absolute atomic E-state index is 14.3. The molecular weight excluding hydrogens is 474 g/mol. The SMILES string of the molecule is Cn1cc2c3cc(C(=O)NC4(c5ccncc5F)CC4)ccc3n(-c3ccc(C(F)(F)F)cc3)c2n1. The van der Waals surface area contributed by atoms with Crippen LogP contribution in [0.4, 0.5) is 17.6 Å². The number of carbonyl (C=O) groups is 1. The van der Waals surface area contributed by atoms with E-state index >= 15 is 0 Å². The third-order valence-corrected chi connectivity index (χ3v) is 6.65. The fraction of sp³-hybridized carbons (Fsp3) is 0.192. The summed E-state index contributed by atoms with van der Waals surface area (Å²) in [4.78, 5) is 17.0. The minimum absolute atomic E-state index is 0.343. The molecule has 3 aromatic heterocycles. The van der Waals surface area contributed by atoms with E-state index < -0.39 is 23.1 Å². The standard InChI is InChI=1S/C26H19F4N5O/c1-34-14-19-18-12-15(24(36)32-25(9-10-25)20-8-11-31-13-21(20)27)2-7-22(18)35(23(19)33-34)17-5-3-16(4-6-17)26(28,29)30/h2-8,11-14H,9-10H2,1H3,(H,32,36). The third kappa shape index (κ3) is 3.52. The molecule has 1 N–H and O–H groups in total. The van der Waals surface area contributed by atoms with E-state index in [1.807, 2.05) is 0 Å². The molecule has 6 rings (SSSR count). The van der Waals surface area contributed by atoms with Crippen LogP contribution in [0.5, 0.6) is 0 Å². The summed E-state index contributed by atoms with van der Waals surface area (Å²) >= 11 is 0. The summed E-state index contributed by atoms with van der Waals surface area (Å²) in [5.41, 5.74) is 1.08. The van der Waals surface area contributed by atoms with Crippen LogP contribution >= 0.6 is 0 Å². The highest BCUT2D eigenvalue weighted by atomic mass is 19.4. The van der Waals surface area contributed by atoms with Gasteiger partial charge in [-0.3, -0.25) is 19.0 Å². The van der Waals surface area contributed by atoms with Crippen LogP contribution in [0.2, 0.25) is 0 Å². The number of rotatable bonds is 4. The maximum Gasteiger partial charge on any atom is 0.416 e. The number of halogens is 4. The van der Waals surface area contributed by atoms with Gasteiger partial charge in [0.15, 0.2) is 5.65 Å². The second-order valence-corrected chi connectivity index (χ2v) is 9.04. The van der Waals surface area contributed by atoms with Crippen molar-refractivity contribution in [3.05, 3.63) is 89.6 Å². The first-order valence-corrected chi connectivity index (χ1v) is 11.2. The molecule has 0 saturated heterocycles. The molecule has 0 bridgehead atoms. The van der Waals surface area contributed by atoms with Crippen molar-refractivity contribution in [2.24, 2.45) is 7.05 Å². The van der Waals surface area contributed by atoms with E-state index in [1.165, 1.54) is 18.3 Å². The lowest BCUT2D eigenvalue weighted by Gasteiger charge is -2.18. The number of hydrogen-bond donors (Lipinski definition) is 1. The average molecular weight is 493 g/mol. The molecule has 10 heteroatoms. The quantitative estimate of drug-likeness (QED) is 0.337. The van der Waals surface area contributed by atoms with Gasteiger partial charge in [-0.15, -0.1) is 0 Å². The van der Waals surface area contributed by atoms with E-state index in [0.717, 1.165) is 29.1 Å². The minimum Gasteiger partial charge on any atom is -0.342 e. The van der Waals surface area contributed by atoms with Crippen molar-refractivity contribution in [2.45, 2.75) is 24.6 Å². The Morgan fingerprint density at radius 2 is 1.81 bits per heavy atom. The number of nitrogens with one attached hydrogen (secondary N) is 1. The summed E-state index contributed by atoms with van der Waals surface area (Å²) in [7, 11) is 1.75. The van der Waals surface area contributed by atoms with Crippen LogP contribution in [-0.4, -0.2) is 25.2 Å². The maximum atomic E-state index is 14.3. The molecule has 0 radical (unpaired) electrons. The van der Waals surface area contributed by atoms with Gasteiger partial charge in [0.1, 0.15) is 5.82 Å². The Labute approximate surface area is 202 Å². The van der Waals surface area contributed by atoms with E-state index in [4.69, 9.17) is 0 Å². The Hall–Kier alpha value is -4.21. The van der Waals surface area contributed by atoms with Crippen LogP contribution < -0.4 is 5.32 Å². The smallest absolute Gasteiger partial charge is 0.342 e. The summed E-state index contributed by atoms with van der Waals surface area (Å²) in [6.07, 6.45) is 1.25. The summed E-state index contributed by atoms with van der Waals surface area (Å²) in [5, 5.41) is 8.96. The largest absolute Gasteiger partial charge is 0.416 e. The van der Waals surface area contributed by atoms with Crippen molar-refractivity contribution in [2.75, 3.05) is 0 Å². The van der Waals surface area contributed by atoms with Gasteiger partial charge in [0.2, 0.25) is 0 Å². The molecule has 1 amide bonds. The zero-order valence-corrected chi connectivity index (χ0v) is 19.0. The first-order chi connectivity index (χ1) is 17.2. The zero-order chi connectivity index (χ0) is 25.2. The summed E-state index contributed by atoms with van der Waals surface area (Å²) < 4.78 is 56.9. The van der Waals surface area contributed by atoms with Crippen molar-refractivity contribution in [3.8, 4) is 5.69 Å². The van der Waals surface area contributed by atoms with Crippen LogP contribution in [0, 0.1) is 5.82 Å². The van der Waals surface area contributed by atoms with Gasteiger partial charge in [0.25, 0.3) is 5.91 Å². The fourth-order valence-corrected chi connectivity index (χ4v) is 4.73. The molecule has 0 atom stereocenters. The van der Waals surface area contributed by atoms with Crippen molar-refractivity contribution >= 4 is 27.8 Å². The zero-order valence-electron chi connectivity index (χ0n) is 19.0. The lowest BCUT2D eigenvalue weighted by Crippen LogP contribution is -2.35. The lowest BCUT2D eigenvalue weighted by molar-refractivity contribution is -0.137. The molecule has 0 aliphatic heterocycles. The Kier molecular flexibility index (Phi) is 4.73. The van der Waals surface area contributed by atoms with Gasteiger partial charge in [-0.2, -0.15) is 18.3 Å². The Morgan fingerprint density at radius 3 is 2.47 bits per heavy atom. The van der Waals surface area contributed by atoms with Crippen molar-refractivity contribution in [1.29, 1.82) is 0 Å². The molecule has 182 valence electrons. The average Bonchev–Trinajstić information content (AvgIpc) is 3.42. The van der Waals surface area contributed by atoms with Crippen LogP contribution in [-0.2, 0) is 18.8 Å². The van der Waals surface area contributed by atoms with Gasteiger partial charge in [-0.25, -0.2) is 4.39 Å². The van der Waals surface area contributed by atoms with E-state index in [-0.39, 0.29) is 5.91 Å². The van der Waals surface area contributed by atoms with Crippen LogP contribution in [0.15, 0.2) is 67.1 Å². The minimum atomic E-state index is -4.43. The molecule has 1 saturated carbocycles. The second-order valence-electron chi connectivity index (χ2n) is 9.04. The van der Waals surface area contributed by atoms with Crippen LogP contribution in [0.25, 0.3) is 27.6 Å². The number of aromatic nitrogens is 4. The van der Waals surface area contributed by atoms with E-state index in [0.29, 0.717) is 40.8 Å². The molecule has 1 fully saturated rings. The monoisotopic (exact) mass is 493 g/mol. The molecule has 0 unspecified atom stereocenters. The van der Waals surface area contributed by atoms with Crippen molar-refractivity contribution in [3.63, 3.8) is 0 Å². The number of alkyl halides is 3. The molecular formula is C26H19F4N5O. The molecule has 1 aliphatic rings. The normalized spacial score (nSPS) is 14.9. The van der Waals surface area contributed by atoms with Gasteiger partial charge < -0.3 is 5.32 Å². The highest BCUT2D eigenvalue weighted by Gasteiger charge is 2.47. The van der Waals surface area contributed by atoms with Gasteiger partial charge in [0, 0.05) is 47.0 Å². The Morgan fingerprint density at radius 1 is 1.06 bits per heavy atom. The predicted octanol–water partition coefficient (Wildman–Crippen LogP) is 5.49. The van der Waals surface area contributed by atoms with E-state index in [9.17, 15) is 22.4 Å². The number of aryl methyl sites for hydroxylation is 1. The molecule has 2 aromatic carbocycles. The highest BCUT2D eigenvalue weighted by Crippen LogP contribution is 2.46. The number of carbonyl (C=O) groups excluding carboxylic acids is 1. The molecule has 5 aromatic rings. The number of fused-ring (bicyclic) bond motifs is 3. The number of amides is 1. The lowest BCUT2D eigenvalue weighted by atomic mass is 10.0.